The Morgan fingerprint density at radius 3 is 2.22 bits per heavy atom. The first kappa shape index (κ1) is 13.8. The molecule has 1 aliphatic rings. The van der Waals surface area contributed by atoms with Crippen molar-refractivity contribution in [3.8, 4) is 0 Å². The van der Waals surface area contributed by atoms with E-state index in [1.807, 2.05) is 0 Å². The number of hydrogen-bond donors (Lipinski definition) is 0. The van der Waals surface area contributed by atoms with Crippen LogP contribution in [0.1, 0.15) is 12.5 Å². The lowest BCUT2D eigenvalue weighted by Gasteiger charge is -2.33. The first-order valence-electron chi connectivity index (χ1n) is 5.36. The Balaban J connectivity index is 2.40. The van der Waals surface area contributed by atoms with Gasteiger partial charge in [0.1, 0.15) is 5.04 Å². The molecule has 0 radical (unpaired) electrons. The largest absolute Gasteiger partial charge is 0.337 e. The molecule has 0 N–H and O–H groups in total. The summed E-state index contributed by atoms with van der Waals surface area (Å²) in [7, 11) is 3.20. The Morgan fingerprint density at radius 2 is 1.78 bits per heavy atom. The molecule has 2 nitrogen and oxygen atoms in total. The Kier molecular flexibility index (Phi) is 3.42. The predicted molar refractivity (Wildman–Crippen MR) is 72.6 cm³/mol. The van der Waals surface area contributed by atoms with Gasteiger partial charge in [0.2, 0.25) is 0 Å². The first-order valence-corrected chi connectivity index (χ1v) is 6.56. The van der Waals surface area contributed by atoms with Crippen LogP contribution in [-0.2, 0) is 0 Å². The van der Waals surface area contributed by atoms with Crippen LogP contribution in [0.3, 0.4) is 0 Å². The van der Waals surface area contributed by atoms with E-state index >= 15 is 0 Å². The maximum atomic E-state index is 14.0. The summed E-state index contributed by atoms with van der Waals surface area (Å²) in [5.41, 5.74) is -0.859. The fourth-order valence-electron chi connectivity index (χ4n) is 1.58. The molecule has 0 saturated carbocycles. The quantitative estimate of drug-likeness (QED) is 0.825. The molecule has 18 heavy (non-hydrogen) atoms. The van der Waals surface area contributed by atoms with Gasteiger partial charge in [0.05, 0.1) is 0 Å². The van der Waals surface area contributed by atoms with Crippen molar-refractivity contribution < 1.29 is 8.78 Å². The van der Waals surface area contributed by atoms with Crippen LogP contribution < -0.4 is 0 Å². The van der Waals surface area contributed by atoms with Crippen LogP contribution in [0.4, 0.5) is 8.78 Å². The molecule has 0 saturated heterocycles. The van der Waals surface area contributed by atoms with Gasteiger partial charge >= 0.3 is 5.25 Å². The number of alkyl halides is 2. The van der Waals surface area contributed by atoms with E-state index in [1.54, 1.807) is 38.4 Å². The van der Waals surface area contributed by atoms with E-state index in [-0.39, 0.29) is 0 Å². The highest BCUT2D eigenvalue weighted by molar-refractivity contribution is 8.15. The highest BCUT2D eigenvalue weighted by atomic mass is 35.5. The van der Waals surface area contributed by atoms with Crippen molar-refractivity contribution in [1.29, 1.82) is 0 Å². The van der Waals surface area contributed by atoms with Crippen molar-refractivity contribution in [1.82, 2.24) is 4.90 Å². The summed E-state index contributed by atoms with van der Waals surface area (Å²) in [5.74, 6) is 0. The summed E-state index contributed by atoms with van der Waals surface area (Å²) in [4.78, 5) is 5.62. The van der Waals surface area contributed by atoms with Gasteiger partial charge in [-0.15, -0.1) is 0 Å². The molecule has 6 heteroatoms. The van der Waals surface area contributed by atoms with E-state index in [9.17, 15) is 8.78 Å². The molecule has 0 fully saturated rings. The molecule has 1 aromatic rings. The number of thioether (sulfide) groups is 1. The van der Waals surface area contributed by atoms with Crippen LogP contribution in [0.25, 0.3) is 0 Å². The summed E-state index contributed by atoms with van der Waals surface area (Å²) in [6.45, 7) is 1.43. The van der Waals surface area contributed by atoms with Crippen molar-refractivity contribution in [2.75, 3.05) is 14.1 Å². The molecule has 0 spiro atoms. The molecule has 1 aromatic carbocycles. The highest BCUT2D eigenvalue weighted by Gasteiger charge is 2.58. The first-order chi connectivity index (χ1) is 8.26. The van der Waals surface area contributed by atoms with Crippen LogP contribution in [0.15, 0.2) is 29.3 Å². The Morgan fingerprint density at radius 1 is 1.22 bits per heavy atom. The van der Waals surface area contributed by atoms with Gasteiger partial charge in [-0.05, 0) is 44.9 Å². The topological polar surface area (TPSA) is 15.6 Å². The van der Waals surface area contributed by atoms with Crippen molar-refractivity contribution in [3.05, 3.63) is 34.9 Å². The van der Waals surface area contributed by atoms with E-state index in [1.165, 1.54) is 11.8 Å². The number of rotatable bonds is 2. The zero-order valence-electron chi connectivity index (χ0n) is 10.2. The van der Waals surface area contributed by atoms with Gasteiger partial charge < -0.3 is 0 Å². The molecular weight excluding hydrogens is 278 g/mol. The number of nitrogens with zero attached hydrogens (tertiary/aromatic N) is 2. The second kappa shape index (κ2) is 4.47. The standard InChI is InChI=1S/C12H13ClF2N2S/c1-11(17(2)3)12(14,15)18-10(16-11)8-4-6-9(13)7-5-8/h4-7H,1-3H3. The average Bonchev–Trinajstić information content (AvgIpc) is 2.52. The van der Waals surface area contributed by atoms with E-state index in [4.69, 9.17) is 11.6 Å². The molecule has 1 heterocycles. The van der Waals surface area contributed by atoms with E-state index in [0.717, 1.165) is 0 Å². The van der Waals surface area contributed by atoms with Gasteiger partial charge in [-0.25, -0.2) is 4.99 Å². The number of aliphatic imine (C=N–C) groups is 1. The molecule has 0 amide bonds. The zero-order valence-corrected chi connectivity index (χ0v) is 11.8. The minimum Gasteiger partial charge on any atom is -0.280 e. The maximum absolute atomic E-state index is 14.0. The summed E-state index contributed by atoms with van der Waals surface area (Å²) < 4.78 is 28.1. The smallest absolute Gasteiger partial charge is 0.280 e. The number of benzene rings is 1. The summed E-state index contributed by atoms with van der Waals surface area (Å²) >= 11 is 6.27. The van der Waals surface area contributed by atoms with E-state index < -0.39 is 10.9 Å². The number of halogens is 3. The minimum absolute atomic E-state index is 0.341. The summed E-state index contributed by atoms with van der Waals surface area (Å²) in [5, 5.41) is -2.04. The lowest BCUT2D eigenvalue weighted by Crippen LogP contribution is -2.50. The fraction of sp³-hybridized carbons (Fsp3) is 0.417. The third kappa shape index (κ3) is 2.15. The lowest BCUT2D eigenvalue weighted by molar-refractivity contribution is -0.0398. The van der Waals surface area contributed by atoms with E-state index in [0.29, 0.717) is 27.4 Å². The van der Waals surface area contributed by atoms with Crippen molar-refractivity contribution in [2.24, 2.45) is 4.99 Å². The van der Waals surface area contributed by atoms with Crippen LogP contribution in [0, 0.1) is 0 Å². The second-order valence-electron chi connectivity index (χ2n) is 4.46. The van der Waals surface area contributed by atoms with Gasteiger partial charge in [0.15, 0.2) is 5.66 Å². The molecule has 0 aromatic heterocycles. The Labute approximate surface area is 114 Å². The monoisotopic (exact) mass is 290 g/mol. The predicted octanol–water partition coefficient (Wildman–Crippen LogP) is 3.70. The summed E-state index contributed by atoms with van der Waals surface area (Å²) in [6.07, 6.45) is 0. The molecule has 2 rings (SSSR count). The van der Waals surface area contributed by atoms with Crippen LogP contribution in [0.2, 0.25) is 5.02 Å². The van der Waals surface area contributed by atoms with Gasteiger partial charge in [0, 0.05) is 10.6 Å². The van der Waals surface area contributed by atoms with Gasteiger partial charge in [-0.3, -0.25) is 4.90 Å². The Bertz CT molecular complexity index is 487. The van der Waals surface area contributed by atoms with Crippen molar-refractivity contribution in [3.63, 3.8) is 0 Å². The molecule has 1 unspecified atom stereocenters. The van der Waals surface area contributed by atoms with E-state index in [2.05, 4.69) is 4.99 Å². The third-order valence-electron chi connectivity index (χ3n) is 3.06. The third-order valence-corrected chi connectivity index (χ3v) is 4.47. The lowest BCUT2D eigenvalue weighted by atomic mass is 10.2. The molecule has 98 valence electrons. The second-order valence-corrected chi connectivity index (χ2v) is 6.00. The van der Waals surface area contributed by atoms with Gasteiger partial charge in [0.25, 0.3) is 0 Å². The van der Waals surface area contributed by atoms with Gasteiger partial charge in [-0.1, -0.05) is 23.7 Å². The number of hydrogen-bond acceptors (Lipinski definition) is 3. The molecule has 1 aliphatic heterocycles. The zero-order chi connectivity index (χ0) is 13.6. The molecule has 0 aliphatic carbocycles. The SMILES string of the molecule is CN(C)C1(C)N=C(c2ccc(Cl)cc2)SC1(F)F. The maximum Gasteiger partial charge on any atom is 0.337 e. The normalized spacial score (nSPS) is 26.5. The fourth-order valence-corrected chi connectivity index (χ4v) is 2.85. The van der Waals surface area contributed by atoms with Crippen LogP contribution in [-0.4, -0.2) is 35.0 Å². The van der Waals surface area contributed by atoms with Crippen molar-refractivity contribution in [2.45, 2.75) is 17.8 Å². The summed E-state index contributed by atoms with van der Waals surface area (Å²) in [6, 6.07) is 6.74. The van der Waals surface area contributed by atoms with Crippen LogP contribution in [0.5, 0.6) is 0 Å². The molecular formula is C12H13ClF2N2S. The molecule has 0 bridgehead atoms. The highest BCUT2D eigenvalue weighted by Crippen LogP contribution is 2.50. The van der Waals surface area contributed by atoms with Crippen molar-refractivity contribution >= 4 is 28.4 Å². The Hall–Kier alpha value is -0.650. The van der Waals surface area contributed by atoms with Crippen LogP contribution >= 0.6 is 23.4 Å². The average molecular weight is 291 g/mol. The van der Waals surface area contributed by atoms with Gasteiger partial charge in [-0.2, -0.15) is 8.78 Å². The minimum atomic E-state index is -2.95. The molecule has 1 atom stereocenters.